The second-order valence-electron chi connectivity index (χ2n) is 5.43. The smallest absolute Gasteiger partial charge is 0.194 e. The number of nitrogens with one attached hydrogen (secondary N) is 1. The van der Waals surface area contributed by atoms with Crippen molar-refractivity contribution < 1.29 is 0 Å². The van der Waals surface area contributed by atoms with Gasteiger partial charge >= 0.3 is 0 Å². The van der Waals surface area contributed by atoms with Crippen LogP contribution >= 0.6 is 35.3 Å². The molecular weight excluding hydrogens is 419 g/mol. The van der Waals surface area contributed by atoms with Crippen molar-refractivity contribution in [2.24, 2.45) is 4.99 Å². The molecule has 0 spiro atoms. The van der Waals surface area contributed by atoms with Gasteiger partial charge in [0.2, 0.25) is 0 Å². The molecule has 0 saturated carbocycles. The summed E-state index contributed by atoms with van der Waals surface area (Å²) in [4.78, 5) is 12.3. The Morgan fingerprint density at radius 2 is 1.96 bits per heavy atom. The van der Waals surface area contributed by atoms with Gasteiger partial charge in [-0.1, -0.05) is 24.3 Å². The largest absolute Gasteiger partial charge is 0.350 e. The quantitative estimate of drug-likeness (QED) is 0.442. The van der Waals surface area contributed by atoms with E-state index in [1.165, 1.54) is 16.0 Å². The average molecular weight is 444 g/mol. The van der Waals surface area contributed by atoms with Crippen LogP contribution in [0.3, 0.4) is 0 Å². The molecule has 2 aromatic rings. The van der Waals surface area contributed by atoms with E-state index in [9.17, 15) is 0 Å². The summed E-state index contributed by atoms with van der Waals surface area (Å²) < 4.78 is 0. The number of hydrogen-bond acceptors (Lipinski definition) is 3. The molecule has 1 aromatic heterocycles. The molecule has 0 unspecified atom stereocenters. The molecule has 6 heteroatoms. The summed E-state index contributed by atoms with van der Waals surface area (Å²) in [5.41, 5.74) is 3.73. The van der Waals surface area contributed by atoms with Gasteiger partial charge in [0.05, 0.1) is 12.2 Å². The second kappa shape index (κ2) is 9.22. The Balaban J connectivity index is 0.00000264. The zero-order chi connectivity index (χ0) is 16.1. The normalized spacial score (nSPS) is 11.1. The fourth-order valence-corrected chi connectivity index (χ4v) is 3.15. The highest BCUT2D eigenvalue weighted by Gasteiger charge is 2.09. The molecule has 0 amide bonds. The summed E-state index contributed by atoms with van der Waals surface area (Å²) in [5, 5.41) is 4.49. The van der Waals surface area contributed by atoms with Crippen LogP contribution in [0.2, 0.25) is 0 Å². The van der Waals surface area contributed by atoms with Crippen molar-refractivity contribution in [3.8, 4) is 0 Å². The first-order valence-corrected chi connectivity index (χ1v) is 8.22. The first kappa shape index (κ1) is 19.9. The highest BCUT2D eigenvalue weighted by molar-refractivity contribution is 14.0. The molecule has 0 aliphatic carbocycles. The number of thiazole rings is 1. The first-order valence-electron chi connectivity index (χ1n) is 7.40. The maximum atomic E-state index is 4.56. The number of aryl methyl sites for hydroxylation is 3. The van der Waals surface area contributed by atoms with Crippen LogP contribution in [0.4, 0.5) is 0 Å². The predicted octanol–water partition coefficient (Wildman–Crippen LogP) is 3.89. The number of aromatic nitrogens is 1. The summed E-state index contributed by atoms with van der Waals surface area (Å²) in [6, 6.07) is 8.44. The molecule has 4 nitrogen and oxygen atoms in total. The van der Waals surface area contributed by atoms with Crippen LogP contribution in [0.5, 0.6) is 0 Å². The Morgan fingerprint density at radius 1 is 1.26 bits per heavy atom. The molecule has 1 heterocycles. The molecule has 0 atom stereocenters. The number of aliphatic imine (C=N–C) groups is 1. The van der Waals surface area contributed by atoms with Crippen LogP contribution in [0.25, 0.3) is 0 Å². The lowest BCUT2D eigenvalue weighted by Gasteiger charge is -2.22. The van der Waals surface area contributed by atoms with Gasteiger partial charge in [0.1, 0.15) is 5.01 Å². The van der Waals surface area contributed by atoms with E-state index >= 15 is 0 Å². The number of benzene rings is 1. The van der Waals surface area contributed by atoms with Crippen molar-refractivity contribution in [1.82, 2.24) is 15.2 Å². The monoisotopic (exact) mass is 444 g/mol. The van der Waals surface area contributed by atoms with Gasteiger partial charge in [0, 0.05) is 25.5 Å². The molecule has 1 N–H and O–H groups in total. The number of nitrogens with zero attached hydrogens (tertiary/aromatic N) is 3. The van der Waals surface area contributed by atoms with Gasteiger partial charge in [-0.2, -0.15) is 0 Å². The van der Waals surface area contributed by atoms with E-state index in [0.29, 0.717) is 6.54 Å². The Bertz CT molecular complexity index is 647. The third kappa shape index (κ3) is 5.46. The van der Waals surface area contributed by atoms with E-state index in [-0.39, 0.29) is 24.0 Å². The van der Waals surface area contributed by atoms with E-state index in [0.717, 1.165) is 23.2 Å². The van der Waals surface area contributed by atoms with Crippen molar-refractivity contribution in [3.63, 3.8) is 0 Å². The standard InChI is InChI=1S/C17H24N4S.HI/c1-12-8-6-7-9-15(12)11-21(5)17(18-4)19-10-16-20-13(2)14(3)22-16;/h6-9H,10-11H2,1-5H3,(H,18,19);1H. The summed E-state index contributed by atoms with van der Waals surface area (Å²) in [5.74, 6) is 0.883. The van der Waals surface area contributed by atoms with Crippen LogP contribution in [-0.4, -0.2) is 29.9 Å². The van der Waals surface area contributed by atoms with Crippen molar-refractivity contribution in [1.29, 1.82) is 0 Å². The molecule has 23 heavy (non-hydrogen) atoms. The van der Waals surface area contributed by atoms with Gasteiger partial charge in [0.25, 0.3) is 0 Å². The van der Waals surface area contributed by atoms with Crippen LogP contribution in [-0.2, 0) is 13.1 Å². The lowest BCUT2D eigenvalue weighted by atomic mass is 10.1. The topological polar surface area (TPSA) is 40.5 Å². The minimum Gasteiger partial charge on any atom is -0.350 e. The van der Waals surface area contributed by atoms with Crippen LogP contribution < -0.4 is 5.32 Å². The van der Waals surface area contributed by atoms with Crippen LogP contribution in [0, 0.1) is 20.8 Å². The predicted molar refractivity (Wildman–Crippen MR) is 110 cm³/mol. The van der Waals surface area contributed by atoms with Gasteiger partial charge in [-0.25, -0.2) is 4.98 Å². The number of rotatable bonds is 4. The van der Waals surface area contributed by atoms with Crippen LogP contribution in [0.15, 0.2) is 29.3 Å². The Labute approximate surface area is 160 Å². The van der Waals surface area contributed by atoms with Gasteiger partial charge in [-0.05, 0) is 31.9 Å². The molecule has 0 fully saturated rings. The summed E-state index contributed by atoms with van der Waals surface area (Å²) in [6.07, 6.45) is 0. The Morgan fingerprint density at radius 3 is 2.52 bits per heavy atom. The minimum atomic E-state index is 0. The number of hydrogen-bond donors (Lipinski definition) is 1. The second-order valence-corrected chi connectivity index (χ2v) is 6.72. The van der Waals surface area contributed by atoms with Crippen LogP contribution in [0.1, 0.15) is 26.7 Å². The van der Waals surface area contributed by atoms with Crippen molar-refractivity contribution >= 4 is 41.3 Å². The zero-order valence-electron chi connectivity index (χ0n) is 14.4. The summed E-state index contributed by atoms with van der Waals surface area (Å²) >= 11 is 1.74. The van der Waals surface area contributed by atoms with E-state index in [1.54, 1.807) is 11.3 Å². The molecule has 0 aliphatic rings. The zero-order valence-corrected chi connectivity index (χ0v) is 17.5. The first-order chi connectivity index (χ1) is 10.5. The lowest BCUT2D eigenvalue weighted by molar-refractivity contribution is 0.475. The molecule has 1 aromatic carbocycles. The molecule has 0 bridgehead atoms. The van der Waals surface area contributed by atoms with E-state index in [4.69, 9.17) is 0 Å². The minimum absolute atomic E-state index is 0. The fourth-order valence-electron chi connectivity index (χ4n) is 2.27. The molecule has 0 radical (unpaired) electrons. The van der Waals surface area contributed by atoms with Gasteiger partial charge in [-0.3, -0.25) is 4.99 Å². The summed E-state index contributed by atoms with van der Waals surface area (Å²) in [7, 11) is 3.87. The number of guanidine groups is 1. The maximum absolute atomic E-state index is 4.56. The third-order valence-corrected chi connectivity index (χ3v) is 4.79. The van der Waals surface area contributed by atoms with E-state index in [1.807, 2.05) is 7.05 Å². The van der Waals surface area contributed by atoms with Gasteiger partial charge in [-0.15, -0.1) is 35.3 Å². The molecule has 2 rings (SSSR count). The highest BCUT2D eigenvalue weighted by atomic mass is 127. The number of halogens is 1. The Kier molecular flexibility index (Phi) is 7.98. The van der Waals surface area contributed by atoms with Crippen molar-refractivity contribution in [2.45, 2.75) is 33.9 Å². The SMILES string of the molecule is CN=C(NCc1nc(C)c(C)s1)N(C)Cc1ccccc1C.I. The molecular formula is C17H25IN4S. The van der Waals surface area contributed by atoms with E-state index < -0.39 is 0 Å². The van der Waals surface area contributed by atoms with Crippen molar-refractivity contribution in [2.75, 3.05) is 14.1 Å². The van der Waals surface area contributed by atoms with Crippen molar-refractivity contribution in [3.05, 3.63) is 51.0 Å². The maximum Gasteiger partial charge on any atom is 0.194 e. The molecule has 0 aliphatic heterocycles. The Hall–Kier alpha value is -1.15. The van der Waals surface area contributed by atoms with Gasteiger partial charge in [0.15, 0.2) is 5.96 Å². The third-order valence-electron chi connectivity index (χ3n) is 3.71. The molecule has 126 valence electrons. The summed E-state index contributed by atoms with van der Waals surface area (Å²) in [6.45, 7) is 7.84. The molecule has 0 saturated heterocycles. The fraction of sp³-hybridized carbons (Fsp3) is 0.412. The van der Waals surface area contributed by atoms with E-state index in [2.05, 4.69) is 72.3 Å². The van der Waals surface area contributed by atoms with Gasteiger partial charge < -0.3 is 10.2 Å². The highest BCUT2D eigenvalue weighted by Crippen LogP contribution is 2.16. The lowest BCUT2D eigenvalue weighted by Crippen LogP contribution is -2.38. The average Bonchev–Trinajstić information content (AvgIpc) is 2.81.